The number of nitriles is 1. The highest BCUT2D eigenvalue weighted by Gasteiger charge is 2.08. The maximum Gasteiger partial charge on any atom is 0.120 e. The van der Waals surface area contributed by atoms with E-state index < -0.39 is 0 Å². The fourth-order valence-corrected chi connectivity index (χ4v) is 2.54. The van der Waals surface area contributed by atoms with Gasteiger partial charge < -0.3 is 10.1 Å². The molecule has 22 heavy (non-hydrogen) atoms. The van der Waals surface area contributed by atoms with E-state index >= 15 is 0 Å². The molecule has 0 heterocycles. The zero-order valence-corrected chi connectivity index (χ0v) is 13.7. The Kier molecular flexibility index (Phi) is 5.51. The van der Waals surface area contributed by atoms with E-state index in [1.807, 2.05) is 49.7 Å². The van der Waals surface area contributed by atoms with Crippen LogP contribution in [0.4, 0.5) is 5.69 Å². The quantitative estimate of drug-likeness (QED) is 0.501. The second kappa shape index (κ2) is 7.58. The summed E-state index contributed by atoms with van der Waals surface area (Å²) in [5.41, 5.74) is 3.35. The van der Waals surface area contributed by atoms with Crippen LogP contribution in [0, 0.1) is 11.3 Å². The van der Waals surface area contributed by atoms with Crippen LogP contribution in [0.5, 0.6) is 5.75 Å². The van der Waals surface area contributed by atoms with Gasteiger partial charge >= 0.3 is 0 Å². The lowest BCUT2D eigenvalue weighted by molar-refractivity contribution is 0.415. The van der Waals surface area contributed by atoms with E-state index in [9.17, 15) is 5.26 Å². The Bertz CT molecular complexity index is 715. The molecule has 0 aliphatic heterocycles. The number of rotatable bonds is 5. The molecule has 0 unspecified atom stereocenters. The fourth-order valence-electron chi connectivity index (χ4n) is 2.13. The van der Waals surface area contributed by atoms with Gasteiger partial charge in [0.25, 0.3) is 0 Å². The Hall–Kier alpha value is -2.38. The normalized spacial score (nSPS) is 10.9. The molecule has 0 amide bonds. The lowest BCUT2D eigenvalue weighted by Crippen LogP contribution is -1.95. The van der Waals surface area contributed by atoms with Crippen molar-refractivity contribution < 1.29 is 4.74 Å². The van der Waals surface area contributed by atoms with Gasteiger partial charge in [0.15, 0.2) is 0 Å². The number of nitrogens with zero attached hydrogens (tertiary/aromatic N) is 1. The summed E-state index contributed by atoms with van der Waals surface area (Å²) in [4.78, 5) is 1.20. The lowest BCUT2D eigenvalue weighted by atomic mass is 10.0. The topological polar surface area (TPSA) is 45.0 Å². The first-order valence-corrected chi connectivity index (χ1v) is 8.06. The van der Waals surface area contributed by atoms with Gasteiger partial charge in [-0.1, -0.05) is 12.1 Å². The van der Waals surface area contributed by atoms with E-state index in [1.165, 1.54) is 4.90 Å². The first-order chi connectivity index (χ1) is 10.7. The molecule has 4 heteroatoms. The number of hydrogen-bond donors (Lipinski definition) is 1. The number of ether oxygens (including phenoxy) is 1. The molecule has 0 atom stereocenters. The van der Waals surface area contributed by atoms with Gasteiger partial charge in [0, 0.05) is 29.3 Å². The monoisotopic (exact) mass is 310 g/mol. The first kappa shape index (κ1) is 16.0. The molecule has 0 saturated carbocycles. The number of thioether (sulfide) groups is 1. The van der Waals surface area contributed by atoms with Gasteiger partial charge in [-0.25, -0.2) is 0 Å². The zero-order valence-electron chi connectivity index (χ0n) is 12.9. The third-order valence-electron chi connectivity index (χ3n) is 3.33. The van der Waals surface area contributed by atoms with Crippen LogP contribution in [-0.2, 0) is 0 Å². The van der Waals surface area contributed by atoms with Crippen LogP contribution < -0.4 is 10.1 Å². The van der Waals surface area contributed by atoms with E-state index in [2.05, 4.69) is 23.5 Å². The van der Waals surface area contributed by atoms with Crippen molar-refractivity contribution in [2.45, 2.75) is 4.90 Å². The second-order valence-corrected chi connectivity index (χ2v) is 5.48. The summed E-state index contributed by atoms with van der Waals surface area (Å²) in [6, 6.07) is 16.1. The smallest absolute Gasteiger partial charge is 0.120 e. The molecule has 0 fully saturated rings. The molecule has 1 N–H and O–H groups in total. The van der Waals surface area contributed by atoms with Gasteiger partial charge in [-0.2, -0.15) is 5.26 Å². The minimum atomic E-state index is 0.615. The zero-order chi connectivity index (χ0) is 15.9. The van der Waals surface area contributed by atoms with Crippen LogP contribution >= 0.6 is 11.8 Å². The first-order valence-electron chi connectivity index (χ1n) is 6.84. The Morgan fingerprint density at radius 3 is 2.50 bits per heavy atom. The van der Waals surface area contributed by atoms with E-state index in [4.69, 9.17) is 4.74 Å². The van der Waals surface area contributed by atoms with E-state index in [1.54, 1.807) is 18.9 Å². The van der Waals surface area contributed by atoms with Crippen LogP contribution in [0.1, 0.15) is 11.1 Å². The summed E-state index contributed by atoms with van der Waals surface area (Å²) < 4.78 is 5.22. The summed E-state index contributed by atoms with van der Waals surface area (Å²) >= 11 is 1.70. The second-order valence-electron chi connectivity index (χ2n) is 4.60. The predicted molar refractivity (Wildman–Crippen MR) is 94.2 cm³/mol. The third-order valence-corrected chi connectivity index (χ3v) is 4.08. The molecular weight excluding hydrogens is 292 g/mol. The Balaban J connectivity index is 2.42. The number of hydrogen-bond acceptors (Lipinski definition) is 4. The molecular formula is C18H18N2OS. The summed E-state index contributed by atoms with van der Waals surface area (Å²) in [5, 5.41) is 12.6. The number of benzene rings is 2. The van der Waals surface area contributed by atoms with Crippen LogP contribution in [0.25, 0.3) is 11.6 Å². The SMILES string of the molecule is CNc1cc(OC)ccc1/C(C#N)=C/c1ccc(SC)cc1. The van der Waals surface area contributed by atoms with Crippen molar-refractivity contribution in [3.63, 3.8) is 0 Å². The molecule has 2 rings (SSSR count). The minimum Gasteiger partial charge on any atom is -0.497 e. The summed E-state index contributed by atoms with van der Waals surface area (Å²) in [7, 11) is 3.46. The van der Waals surface area contributed by atoms with Crippen LogP contribution in [0.15, 0.2) is 47.4 Å². The molecule has 0 aliphatic carbocycles. The van der Waals surface area contributed by atoms with Crippen molar-refractivity contribution in [2.24, 2.45) is 0 Å². The van der Waals surface area contributed by atoms with Crippen molar-refractivity contribution in [1.82, 2.24) is 0 Å². The van der Waals surface area contributed by atoms with Crippen molar-refractivity contribution in [2.75, 3.05) is 25.7 Å². The average Bonchev–Trinajstić information content (AvgIpc) is 2.59. The van der Waals surface area contributed by atoms with Gasteiger partial charge in [-0.3, -0.25) is 0 Å². The van der Waals surface area contributed by atoms with E-state index in [0.29, 0.717) is 5.57 Å². The van der Waals surface area contributed by atoms with Gasteiger partial charge in [0.2, 0.25) is 0 Å². The molecule has 0 aliphatic rings. The third kappa shape index (κ3) is 3.63. The Labute approximate surface area is 135 Å². The highest BCUT2D eigenvalue weighted by molar-refractivity contribution is 7.98. The van der Waals surface area contributed by atoms with Crippen LogP contribution in [0.3, 0.4) is 0 Å². The number of methoxy groups -OCH3 is 1. The van der Waals surface area contributed by atoms with Gasteiger partial charge in [-0.15, -0.1) is 11.8 Å². The Morgan fingerprint density at radius 1 is 1.23 bits per heavy atom. The highest BCUT2D eigenvalue weighted by atomic mass is 32.2. The standard InChI is InChI=1S/C18H18N2OS/c1-20-18-11-15(21-2)6-9-17(18)14(12-19)10-13-4-7-16(22-3)8-5-13/h4-11,20H,1-3H3/b14-10+. The Morgan fingerprint density at radius 2 is 1.95 bits per heavy atom. The van der Waals surface area contributed by atoms with Crippen LogP contribution in [0.2, 0.25) is 0 Å². The van der Waals surface area contributed by atoms with Crippen molar-refractivity contribution in [3.05, 3.63) is 53.6 Å². The molecule has 0 radical (unpaired) electrons. The molecule has 0 saturated heterocycles. The molecule has 112 valence electrons. The lowest BCUT2D eigenvalue weighted by Gasteiger charge is -2.10. The van der Waals surface area contributed by atoms with Crippen molar-refractivity contribution in [3.8, 4) is 11.8 Å². The molecule has 2 aromatic rings. The van der Waals surface area contributed by atoms with Gasteiger partial charge in [0.1, 0.15) is 5.75 Å². The molecule has 0 aromatic heterocycles. The van der Waals surface area contributed by atoms with Gasteiger partial charge in [-0.05, 0) is 42.2 Å². The average molecular weight is 310 g/mol. The highest BCUT2D eigenvalue weighted by Crippen LogP contribution is 2.29. The fraction of sp³-hybridized carbons (Fsp3) is 0.167. The molecule has 0 bridgehead atoms. The molecule has 3 nitrogen and oxygen atoms in total. The minimum absolute atomic E-state index is 0.615. The van der Waals surface area contributed by atoms with Crippen LogP contribution in [-0.4, -0.2) is 20.4 Å². The summed E-state index contributed by atoms with van der Waals surface area (Å²) in [6.07, 6.45) is 3.94. The predicted octanol–water partition coefficient (Wildman–Crippen LogP) is 4.52. The molecule has 0 spiro atoms. The largest absolute Gasteiger partial charge is 0.497 e. The molecule has 2 aromatic carbocycles. The maximum atomic E-state index is 9.51. The summed E-state index contributed by atoms with van der Waals surface area (Å²) in [5.74, 6) is 0.759. The van der Waals surface area contributed by atoms with Crippen molar-refractivity contribution >= 4 is 29.1 Å². The van der Waals surface area contributed by atoms with E-state index in [-0.39, 0.29) is 0 Å². The number of anilines is 1. The van der Waals surface area contributed by atoms with Gasteiger partial charge in [0.05, 0.1) is 18.8 Å². The van der Waals surface area contributed by atoms with Crippen molar-refractivity contribution in [1.29, 1.82) is 5.26 Å². The maximum absolute atomic E-state index is 9.51. The van der Waals surface area contributed by atoms with E-state index in [0.717, 1.165) is 22.6 Å². The number of allylic oxidation sites excluding steroid dienone is 1. The summed E-state index contributed by atoms with van der Waals surface area (Å²) in [6.45, 7) is 0. The number of nitrogens with one attached hydrogen (secondary N) is 1.